The van der Waals surface area contributed by atoms with E-state index in [4.69, 9.17) is 11.6 Å². The third-order valence-corrected chi connectivity index (χ3v) is 8.29. The number of nitrogens with one attached hydrogen (secondary N) is 1. The third kappa shape index (κ3) is 6.31. The van der Waals surface area contributed by atoms with Gasteiger partial charge in [-0.05, 0) is 54.5 Å². The van der Waals surface area contributed by atoms with E-state index in [1.165, 1.54) is 5.56 Å². The third-order valence-electron chi connectivity index (χ3n) is 6.07. The summed E-state index contributed by atoms with van der Waals surface area (Å²) in [5, 5.41) is 2.35. The molecule has 1 aliphatic heterocycles. The minimum absolute atomic E-state index is 0.0566. The topological polar surface area (TPSA) is 66.5 Å². The molecule has 186 valence electrons. The predicted molar refractivity (Wildman–Crippen MR) is 125 cm³/mol. The first-order chi connectivity index (χ1) is 15.9. The highest BCUT2D eigenvalue weighted by atomic mass is 35.5. The van der Waals surface area contributed by atoms with Gasteiger partial charge in [0.05, 0.1) is 15.5 Å². The van der Waals surface area contributed by atoms with Crippen LogP contribution in [0, 0.1) is 5.92 Å². The van der Waals surface area contributed by atoms with E-state index < -0.39 is 31.7 Å². The summed E-state index contributed by atoms with van der Waals surface area (Å²) in [6.07, 6.45) is -3.47. The van der Waals surface area contributed by atoms with Crippen molar-refractivity contribution in [2.45, 2.75) is 50.1 Å². The number of amides is 1. The number of piperidine rings is 1. The van der Waals surface area contributed by atoms with Crippen LogP contribution in [-0.2, 0) is 27.4 Å². The molecule has 0 atom stereocenters. The van der Waals surface area contributed by atoms with Gasteiger partial charge in [-0.15, -0.1) is 0 Å². The highest BCUT2D eigenvalue weighted by Crippen LogP contribution is 2.36. The summed E-state index contributed by atoms with van der Waals surface area (Å²) >= 11 is 5.60. The summed E-state index contributed by atoms with van der Waals surface area (Å²) in [4.78, 5) is 12.1. The molecule has 0 saturated carbocycles. The summed E-state index contributed by atoms with van der Waals surface area (Å²) in [6.45, 7) is 4.84. The van der Waals surface area contributed by atoms with Crippen molar-refractivity contribution in [2.24, 2.45) is 5.92 Å². The summed E-state index contributed by atoms with van der Waals surface area (Å²) in [7, 11) is -4.13. The second-order valence-electron chi connectivity index (χ2n) is 8.76. The van der Waals surface area contributed by atoms with Crippen molar-refractivity contribution in [1.29, 1.82) is 0 Å². The summed E-state index contributed by atoms with van der Waals surface area (Å²) in [5.41, 5.74) is 1.18. The molecule has 10 heteroatoms. The lowest BCUT2D eigenvalue weighted by atomic mass is 9.97. The number of benzene rings is 2. The van der Waals surface area contributed by atoms with Gasteiger partial charge < -0.3 is 5.32 Å². The smallest absolute Gasteiger partial charge is 0.356 e. The van der Waals surface area contributed by atoms with Gasteiger partial charge in [0.1, 0.15) is 0 Å². The molecule has 0 aliphatic carbocycles. The normalized spacial score (nSPS) is 16.1. The highest BCUT2D eigenvalue weighted by Gasteiger charge is 2.37. The molecule has 3 rings (SSSR count). The van der Waals surface area contributed by atoms with Crippen LogP contribution in [0.2, 0.25) is 5.02 Å². The van der Waals surface area contributed by atoms with Crippen LogP contribution in [0.25, 0.3) is 0 Å². The van der Waals surface area contributed by atoms with Crippen LogP contribution in [0.3, 0.4) is 0 Å². The Morgan fingerprint density at radius 2 is 1.74 bits per heavy atom. The molecule has 0 aromatic heterocycles. The average molecular weight is 517 g/mol. The van der Waals surface area contributed by atoms with Gasteiger partial charge in [0, 0.05) is 25.6 Å². The van der Waals surface area contributed by atoms with E-state index in [0.29, 0.717) is 37.8 Å². The first-order valence-corrected chi connectivity index (χ1v) is 12.9. The molecule has 2 aromatic carbocycles. The summed E-state index contributed by atoms with van der Waals surface area (Å²) in [6, 6.07) is 10.8. The Labute approximate surface area is 203 Å². The predicted octanol–water partition coefficient (Wildman–Crippen LogP) is 5.24. The molecule has 1 amide bonds. The van der Waals surface area contributed by atoms with Crippen LogP contribution >= 0.6 is 11.6 Å². The number of carbonyl (C=O) groups excluding carboxylic acids is 1. The van der Waals surface area contributed by atoms with Crippen molar-refractivity contribution in [3.63, 3.8) is 0 Å². The van der Waals surface area contributed by atoms with Gasteiger partial charge >= 0.3 is 6.18 Å². The molecular formula is C24H28ClF3N2O3S. The number of halogens is 4. The number of alkyl halides is 3. The van der Waals surface area contributed by atoms with Crippen molar-refractivity contribution >= 4 is 27.5 Å². The van der Waals surface area contributed by atoms with Gasteiger partial charge in [-0.3, -0.25) is 4.79 Å². The second-order valence-corrected chi connectivity index (χ2v) is 11.1. The van der Waals surface area contributed by atoms with E-state index in [1.807, 2.05) is 12.1 Å². The molecule has 1 fully saturated rings. The lowest BCUT2D eigenvalue weighted by Gasteiger charge is -2.30. The molecule has 0 unspecified atom stereocenters. The molecule has 5 nitrogen and oxygen atoms in total. The Hall–Kier alpha value is -2.10. The van der Waals surface area contributed by atoms with Gasteiger partial charge in [-0.1, -0.05) is 49.7 Å². The molecule has 2 aromatic rings. The fourth-order valence-corrected chi connectivity index (χ4v) is 5.65. The standard InChI is InChI=1S/C24H28ClF3N2O3S/c1-16(2)18-5-3-17(4-6-18)9-12-29-23(31)19-10-13-30(14-11-19)34(32,33)20-7-8-22(25)21(15-20)24(26,27)28/h3-8,15-16,19H,9-14H2,1-2H3,(H,29,31). The van der Waals surface area contributed by atoms with Crippen molar-refractivity contribution in [3.05, 3.63) is 64.2 Å². The number of nitrogens with zero attached hydrogens (tertiary/aromatic N) is 1. The second kappa shape index (κ2) is 10.7. The van der Waals surface area contributed by atoms with Crippen LogP contribution in [0.5, 0.6) is 0 Å². The van der Waals surface area contributed by atoms with E-state index >= 15 is 0 Å². The first-order valence-electron chi connectivity index (χ1n) is 11.1. The van der Waals surface area contributed by atoms with E-state index in [-0.39, 0.29) is 24.9 Å². The van der Waals surface area contributed by atoms with Gasteiger partial charge in [0.15, 0.2) is 0 Å². The number of hydrogen-bond donors (Lipinski definition) is 1. The maximum absolute atomic E-state index is 13.1. The Balaban J connectivity index is 1.53. The summed E-state index contributed by atoms with van der Waals surface area (Å²) in [5.74, 6) is -0.0257. The Morgan fingerprint density at radius 3 is 2.29 bits per heavy atom. The molecule has 1 heterocycles. The van der Waals surface area contributed by atoms with Gasteiger partial charge in [-0.25, -0.2) is 8.42 Å². The monoisotopic (exact) mass is 516 g/mol. The lowest BCUT2D eigenvalue weighted by molar-refractivity contribution is -0.137. The zero-order valence-corrected chi connectivity index (χ0v) is 20.6. The van der Waals surface area contributed by atoms with E-state index in [9.17, 15) is 26.4 Å². The Morgan fingerprint density at radius 1 is 1.12 bits per heavy atom. The van der Waals surface area contributed by atoms with Crippen LogP contribution in [-0.4, -0.2) is 38.3 Å². The Kier molecular flexibility index (Phi) is 8.31. The zero-order valence-electron chi connectivity index (χ0n) is 19.0. The van der Waals surface area contributed by atoms with Crippen molar-refractivity contribution in [3.8, 4) is 0 Å². The van der Waals surface area contributed by atoms with Gasteiger partial charge in [0.2, 0.25) is 15.9 Å². The van der Waals surface area contributed by atoms with Crippen LogP contribution < -0.4 is 5.32 Å². The molecular weight excluding hydrogens is 489 g/mol. The maximum atomic E-state index is 13.1. The highest BCUT2D eigenvalue weighted by molar-refractivity contribution is 7.89. The molecule has 34 heavy (non-hydrogen) atoms. The van der Waals surface area contributed by atoms with E-state index in [0.717, 1.165) is 22.0 Å². The van der Waals surface area contributed by atoms with Gasteiger partial charge in [0.25, 0.3) is 0 Å². The lowest BCUT2D eigenvalue weighted by Crippen LogP contribution is -2.43. The van der Waals surface area contributed by atoms with Crippen LogP contribution in [0.4, 0.5) is 13.2 Å². The van der Waals surface area contributed by atoms with Crippen molar-refractivity contribution in [2.75, 3.05) is 19.6 Å². The first kappa shape index (κ1) is 26.5. The zero-order chi connectivity index (χ0) is 25.1. The number of hydrogen-bond acceptors (Lipinski definition) is 3. The fraction of sp³-hybridized carbons (Fsp3) is 0.458. The SMILES string of the molecule is CC(C)c1ccc(CCNC(=O)C2CCN(S(=O)(=O)c3ccc(Cl)c(C(F)(F)F)c3)CC2)cc1. The number of sulfonamides is 1. The molecule has 1 aliphatic rings. The number of carbonyl (C=O) groups is 1. The van der Waals surface area contributed by atoms with Gasteiger partial charge in [-0.2, -0.15) is 17.5 Å². The molecule has 0 bridgehead atoms. The summed E-state index contributed by atoms with van der Waals surface area (Å²) < 4.78 is 66.2. The fourth-order valence-electron chi connectivity index (χ4n) is 3.93. The van der Waals surface area contributed by atoms with Crippen molar-refractivity contribution < 1.29 is 26.4 Å². The quantitative estimate of drug-likeness (QED) is 0.547. The Bertz CT molecular complexity index is 1110. The van der Waals surface area contributed by atoms with E-state index in [1.54, 1.807) is 0 Å². The van der Waals surface area contributed by atoms with Crippen molar-refractivity contribution in [1.82, 2.24) is 9.62 Å². The molecule has 1 saturated heterocycles. The van der Waals surface area contributed by atoms with Crippen LogP contribution in [0.15, 0.2) is 47.4 Å². The largest absolute Gasteiger partial charge is 0.417 e. The minimum atomic E-state index is -4.76. The molecule has 1 N–H and O–H groups in total. The average Bonchev–Trinajstić information content (AvgIpc) is 2.78. The minimum Gasteiger partial charge on any atom is -0.356 e. The number of rotatable bonds is 7. The molecule has 0 spiro atoms. The molecule has 0 radical (unpaired) electrons. The maximum Gasteiger partial charge on any atom is 0.417 e. The van der Waals surface area contributed by atoms with E-state index in [2.05, 4.69) is 31.3 Å². The van der Waals surface area contributed by atoms with Crippen LogP contribution in [0.1, 0.15) is 49.3 Å².